The molecule has 7 nitrogen and oxygen atoms in total. The van der Waals surface area contributed by atoms with Crippen LogP contribution in [-0.2, 0) is 21.0 Å². The summed E-state index contributed by atoms with van der Waals surface area (Å²) in [6, 6.07) is 8.65. The number of carbonyl (C=O) groups excluding carboxylic acids is 2. The number of amides is 2. The number of anilines is 1. The lowest BCUT2D eigenvalue weighted by atomic mass is 9.94. The van der Waals surface area contributed by atoms with Crippen LogP contribution in [0.1, 0.15) is 35.2 Å². The highest BCUT2D eigenvalue weighted by Crippen LogP contribution is 2.31. The van der Waals surface area contributed by atoms with E-state index < -0.39 is 27.7 Å². The van der Waals surface area contributed by atoms with Crippen LogP contribution in [0.3, 0.4) is 0 Å². The van der Waals surface area contributed by atoms with E-state index in [2.05, 4.69) is 15.6 Å². The Balaban J connectivity index is 1.69. The van der Waals surface area contributed by atoms with Gasteiger partial charge in [-0.05, 0) is 55.7 Å². The quantitative estimate of drug-likeness (QED) is 0.462. The van der Waals surface area contributed by atoms with Gasteiger partial charge < -0.3 is 0 Å². The summed E-state index contributed by atoms with van der Waals surface area (Å²) in [4.78, 5) is 24.1. The third-order valence-corrected chi connectivity index (χ3v) is 6.17. The van der Waals surface area contributed by atoms with Gasteiger partial charge in [-0.25, -0.2) is 8.42 Å². The number of sulfonamides is 1. The molecule has 0 radical (unpaired) electrons. The molecule has 1 aliphatic rings. The second kappa shape index (κ2) is 9.43. The van der Waals surface area contributed by atoms with Crippen molar-refractivity contribution in [2.45, 2.75) is 30.3 Å². The van der Waals surface area contributed by atoms with E-state index in [0.29, 0.717) is 18.9 Å². The Morgan fingerprint density at radius 3 is 2.41 bits per heavy atom. The number of alkyl halides is 3. The summed E-state index contributed by atoms with van der Waals surface area (Å²) in [6.07, 6.45) is 1.23. The van der Waals surface area contributed by atoms with Crippen LogP contribution in [0, 0.1) is 5.92 Å². The fourth-order valence-electron chi connectivity index (χ4n) is 3.10. The van der Waals surface area contributed by atoms with Crippen molar-refractivity contribution in [1.29, 1.82) is 0 Å². The van der Waals surface area contributed by atoms with Gasteiger partial charge in [0, 0.05) is 17.2 Å². The van der Waals surface area contributed by atoms with Gasteiger partial charge in [0.05, 0.1) is 10.5 Å². The first-order chi connectivity index (χ1) is 15.1. The molecule has 0 spiro atoms. The van der Waals surface area contributed by atoms with Crippen molar-refractivity contribution in [3.63, 3.8) is 0 Å². The molecule has 3 N–H and O–H groups in total. The SMILES string of the molecule is O=C(NNC(=O)C1CC=CCC1)c1cccc(S(=O)(=O)Nc2cccc(C(F)(F)F)c2)c1. The van der Waals surface area contributed by atoms with E-state index in [1.807, 2.05) is 12.2 Å². The number of allylic oxidation sites excluding steroid dienone is 2. The minimum Gasteiger partial charge on any atom is -0.280 e. The molecule has 11 heteroatoms. The number of hydrogen-bond acceptors (Lipinski definition) is 4. The van der Waals surface area contributed by atoms with E-state index >= 15 is 0 Å². The first-order valence-electron chi connectivity index (χ1n) is 9.61. The van der Waals surface area contributed by atoms with Gasteiger partial charge in [0.25, 0.3) is 15.9 Å². The molecule has 170 valence electrons. The minimum absolute atomic E-state index is 0.0549. The fourth-order valence-corrected chi connectivity index (χ4v) is 4.20. The number of nitrogens with one attached hydrogen (secondary N) is 3. The molecule has 2 aromatic rings. The standard InChI is InChI=1S/C21H20F3N3O4S/c22-21(23,24)16-9-5-10-17(13-16)27-32(30,31)18-11-4-8-15(12-18)20(29)26-25-19(28)14-6-2-1-3-7-14/h1-2,4-5,8-14,27H,3,6-7H2,(H,25,28)(H,26,29). The van der Waals surface area contributed by atoms with Gasteiger partial charge in [0.15, 0.2) is 0 Å². The predicted octanol–water partition coefficient (Wildman–Crippen LogP) is 3.62. The summed E-state index contributed by atoms with van der Waals surface area (Å²) in [5.41, 5.74) is 3.24. The van der Waals surface area contributed by atoms with Crippen LogP contribution in [0.25, 0.3) is 0 Å². The van der Waals surface area contributed by atoms with Gasteiger partial charge in [-0.3, -0.25) is 25.2 Å². The number of benzene rings is 2. The van der Waals surface area contributed by atoms with Crippen molar-refractivity contribution in [1.82, 2.24) is 10.9 Å². The summed E-state index contributed by atoms with van der Waals surface area (Å²) in [6.45, 7) is 0. The van der Waals surface area contributed by atoms with Crippen LogP contribution in [0.2, 0.25) is 0 Å². The van der Waals surface area contributed by atoms with Crippen LogP contribution in [0.4, 0.5) is 18.9 Å². The number of hydrazine groups is 1. The molecule has 0 saturated carbocycles. The van der Waals surface area contributed by atoms with Gasteiger partial charge >= 0.3 is 6.18 Å². The summed E-state index contributed by atoms with van der Waals surface area (Å²) in [5.74, 6) is -1.35. The Bertz CT molecular complexity index is 1150. The third kappa shape index (κ3) is 5.88. The average molecular weight is 467 g/mol. The Morgan fingerprint density at radius 1 is 0.969 bits per heavy atom. The van der Waals surface area contributed by atoms with Crippen LogP contribution in [-0.4, -0.2) is 20.2 Å². The van der Waals surface area contributed by atoms with Crippen molar-refractivity contribution < 1.29 is 31.2 Å². The molecule has 0 fully saturated rings. The highest BCUT2D eigenvalue weighted by Gasteiger charge is 2.30. The molecule has 0 bridgehead atoms. The zero-order valence-electron chi connectivity index (χ0n) is 16.6. The largest absolute Gasteiger partial charge is 0.416 e. The summed E-state index contributed by atoms with van der Waals surface area (Å²) in [5, 5.41) is 0. The molecule has 0 aromatic heterocycles. The highest BCUT2D eigenvalue weighted by atomic mass is 32.2. The highest BCUT2D eigenvalue weighted by molar-refractivity contribution is 7.92. The maximum absolute atomic E-state index is 12.9. The topological polar surface area (TPSA) is 104 Å². The number of halogens is 3. The van der Waals surface area contributed by atoms with Gasteiger partial charge in [-0.2, -0.15) is 13.2 Å². The maximum Gasteiger partial charge on any atom is 0.416 e. The number of rotatable bonds is 5. The maximum atomic E-state index is 12.9. The first-order valence-corrected chi connectivity index (χ1v) is 11.1. The van der Waals surface area contributed by atoms with E-state index in [-0.39, 0.29) is 28.0 Å². The Hall–Kier alpha value is -3.34. The zero-order valence-corrected chi connectivity index (χ0v) is 17.5. The molecule has 0 saturated heterocycles. The number of hydrogen-bond donors (Lipinski definition) is 3. The van der Waals surface area contributed by atoms with E-state index in [9.17, 15) is 31.2 Å². The lowest BCUT2D eigenvalue weighted by Gasteiger charge is -2.17. The summed E-state index contributed by atoms with van der Waals surface area (Å²) in [7, 11) is -4.27. The van der Waals surface area contributed by atoms with Gasteiger partial charge in [0.2, 0.25) is 5.91 Å². The Morgan fingerprint density at radius 2 is 1.72 bits per heavy atom. The lowest BCUT2D eigenvalue weighted by molar-refractivity contribution is -0.137. The molecule has 2 aromatic carbocycles. The van der Waals surface area contributed by atoms with E-state index in [4.69, 9.17) is 0 Å². The summed E-state index contributed by atoms with van der Waals surface area (Å²) >= 11 is 0. The molecular formula is C21H20F3N3O4S. The smallest absolute Gasteiger partial charge is 0.280 e. The third-order valence-electron chi connectivity index (χ3n) is 4.79. The Labute approximate surface area is 182 Å². The van der Waals surface area contributed by atoms with Crippen LogP contribution < -0.4 is 15.6 Å². The Kier molecular flexibility index (Phi) is 6.87. The molecule has 1 atom stereocenters. The molecular weight excluding hydrogens is 447 g/mol. The van der Waals surface area contributed by atoms with Crippen molar-refractivity contribution in [2.75, 3.05) is 4.72 Å². The molecule has 0 heterocycles. The lowest BCUT2D eigenvalue weighted by Crippen LogP contribution is -2.44. The summed E-state index contributed by atoms with van der Waals surface area (Å²) < 4.78 is 65.9. The normalized spacial score (nSPS) is 16.3. The first kappa shape index (κ1) is 23.3. The van der Waals surface area contributed by atoms with E-state index in [1.165, 1.54) is 24.3 Å². The van der Waals surface area contributed by atoms with Crippen LogP contribution in [0.5, 0.6) is 0 Å². The van der Waals surface area contributed by atoms with Gasteiger partial charge in [-0.1, -0.05) is 24.3 Å². The molecule has 0 aliphatic heterocycles. The van der Waals surface area contributed by atoms with Crippen molar-refractivity contribution >= 4 is 27.5 Å². The molecule has 1 aliphatic carbocycles. The zero-order chi connectivity index (χ0) is 23.4. The molecule has 3 rings (SSSR count). The molecule has 1 unspecified atom stereocenters. The second-order valence-electron chi connectivity index (χ2n) is 7.14. The molecule has 2 amide bonds. The monoisotopic (exact) mass is 467 g/mol. The van der Waals surface area contributed by atoms with E-state index in [1.54, 1.807) is 0 Å². The second-order valence-corrected chi connectivity index (χ2v) is 8.82. The average Bonchev–Trinajstić information content (AvgIpc) is 2.77. The van der Waals surface area contributed by atoms with Crippen molar-refractivity contribution in [3.8, 4) is 0 Å². The van der Waals surface area contributed by atoms with Crippen LogP contribution in [0.15, 0.2) is 65.6 Å². The molecule has 32 heavy (non-hydrogen) atoms. The van der Waals surface area contributed by atoms with Gasteiger partial charge in [0.1, 0.15) is 0 Å². The van der Waals surface area contributed by atoms with Crippen molar-refractivity contribution in [2.24, 2.45) is 5.92 Å². The van der Waals surface area contributed by atoms with E-state index in [0.717, 1.165) is 24.6 Å². The number of carbonyl (C=O) groups is 2. The van der Waals surface area contributed by atoms with Crippen molar-refractivity contribution in [3.05, 3.63) is 71.8 Å². The minimum atomic E-state index is -4.63. The predicted molar refractivity (Wildman–Crippen MR) is 111 cm³/mol. The van der Waals surface area contributed by atoms with Crippen LogP contribution >= 0.6 is 0 Å². The fraction of sp³-hybridized carbons (Fsp3) is 0.238. The van der Waals surface area contributed by atoms with Gasteiger partial charge in [-0.15, -0.1) is 0 Å².